The smallest absolute Gasteiger partial charge is 0.305 e. The molecule has 1 saturated heterocycles. The van der Waals surface area contributed by atoms with Crippen LogP contribution in [0.1, 0.15) is 39.0 Å². The number of ether oxygens (including phenoxy) is 2. The molecule has 0 aromatic heterocycles. The van der Waals surface area contributed by atoms with Crippen molar-refractivity contribution >= 4 is 11.9 Å². The van der Waals surface area contributed by atoms with E-state index in [2.05, 4.69) is 0 Å². The Balaban J connectivity index is 2.02. The first-order chi connectivity index (χ1) is 8.74. The fraction of sp³-hybridized carbons (Fsp3) is 0.846. The summed E-state index contributed by atoms with van der Waals surface area (Å²) in [6, 6.07) is 0. The van der Waals surface area contributed by atoms with E-state index in [1.165, 1.54) is 0 Å². The molecule has 1 amide bonds. The van der Waals surface area contributed by atoms with Crippen LogP contribution < -0.4 is 0 Å². The van der Waals surface area contributed by atoms with Gasteiger partial charge in [-0.2, -0.15) is 0 Å². The second-order valence-corrected chi connectivity index (χ2v) is 4.42. The van der Waals surface area contributed by atoms with E-state index in [0.717, 1.165) is 12.8 Å². The second-order valence-electron chi connectivity index (χ2n) is 4.42. The third kappa shape index (κ3) is 6.00. The lowest BCUT2D eigenvalue weighted by Gasteiger charge is -2.26. The molecule has 0 spiro atoms. The van der Waals surface area contributed by atoms with E-state index in [1.807, 2.05) is 11.8 Å². The first kappa shape index (κ1) is 15.0. The van der Waals surface area contributed by atoms with E-state index in [1.54, 1.807) is 0 Å². The predicted octanol–water partition coefficient (Wildman–Crippen LogP) is 1.36. The monoisotopic (exact) mass is 257 g/mol. The molecule has 5 heteroatoms. The second kappa shape index (κ2) is 8.91. The van der Waals surface area contributed by atoms with Crippen molar-refractivity contribution in [2.24, 2.45) is 0 Å². The van der Waals surface area contributed by atoms with Gasteiger partial charge in [-0.05, 0) is 12.8 Å². The SMILES string of the molecule is CCCCC(=O)OCCCC(=O)N1CCOCC1. The highest BCUT2D eigenvalue weighted by Crippen LogP contribution is 2.03. The lowest BCUT2D eigenvalue weighted by atomic mass is 10.2. The van der Waals surface area contributed by atoms with Gasteiger partial charge in [-0.3, -0.25) is 9.59 Å². The van der Waals surface area contributed by atoms with Crippen LogP contribution in [0.15, 0.2) is 0 Å². The molecular weight excluding hydrogens is 234 g/mol. The summed E-state index contributed by atoms with van der Waals surface area (Å²) in [5.41, 5.74) is 0. The number of esters is 1. The van der Waals surface area contributed by atoms with Crippen molar-refractivity contribution in [3.05, 3.63) is 0 Å². The summed E-state index contributed by atoms with van der Waals surface area (Å²) in [7, 11) is 0. The number of hydrogen-bond donors (Lipinski definition) is 0. The van der Waals surface area contributed by atoms with Gasteiger partial charge in [0.05, 0.1) is 19.8 Å². The average Bonchev–Trinajstić information content (AvgIpc) is 2.42. The number of rotatable bonds is 7. The van der Waals surface area contributed by atoms with Gasteiger partial charge < -0.3 is 14.4 Å². The van der Waals surface area contributed by atoms with Crippen molar-refractivity contribution in [2.75, 3.05) is 32.9 Å². The highest BCUT2D eigenvalue weighted by molar-refractivity contribution is 5.76. The minimum absolute atomic E-state index is 0.128. The lowest BCUT2D eigenvalue weighted by Crippen LogP contribution is -2.40. The third-order valence-corrected chi connectivity index (χ3v) is 2.90. The zero-order chi connectivity index (χ0) is 13.2. The fourth-order valence-corrected chi connectivity index (χ4v) is 1.77. The molecule has 0 saturated carbocycles. The maximum absolute atomic E-state index is 11.7. The van der Waals surface area contributed by atoms with Crippen molar-refractivity contribution in [2.45, 2.75) is 39.0 Å². The molecule has 1 rings (SSSR count). The maximum atomic E-state index is 11.7. The van der Waals surface area contributed by atoms with Gasteiger partial charge >= 0.3 is 5.97 Å². The van der Waals surface area contributed by atoms with Crippen LogP contribution in [0.2, 0.25) is 0 Å². The summed E-state index contributed by atoms with van der Waals surface area (Å²) in [4.78, 5) is 24.8. The Bertz CT molecular complexity index is 262. The predicted molar refractivity (Wildman–Crippen MR) is 67.1 cm³/mol. The fourth-order valence-electron chi connectivity index (χ4n) is 1.77. The van der Waals surface area contributed by atoms with Crippen molar-refractivity contribution in [3.8, 4) is 0 Å². The molecule has 5 nitrogen and oxygen atoms in total. The molecular formula is C13H23NO4. The van der Waals surface area contributed by atoms with Crippen molar-refractivity contribution in [3.63, 3.8) is 0 Å². The molecule has 18 heavy (non-hydrogen) atoms. The molecule has 0 N–H and O–H groups in total. The summed E-state index contributed by atoms with van der Waals surface area (Å²) in [5, 5.41) is 0. The number of nitrogens with zero attached hydrogens (tertiary/aromatic N) is 1. The van der Waals surface area contributed by atoms with Crippen LogP contribution in [0.4, 0.5) is 0 Å². The molecule has 0 atom stereocenters. The number of morpholine rings is 1. The van der Waals surface area contributed by atoms with Crippen molar-refractivity contribution in [1.82, 2.24) is 4.90 Å². The van der Waals surface area contributed by atoms with Gasteiger partial charge in [-0.1, -0.05) is 13.3 Å². The normalized spacial score (nSPS) is 15.5. The van der Waals surface area contributed by atoms with Gasteiger partial charge in [-0.25, -0.2) is 0 Å². The van der Waals surface area contributed by atoms with Crippen molar-refractivity contribution in [1.29, 1.82) is 0 Å². The maximum Gasteiger partial charge on any atom is 0.305 e. The highest BCUT2D eigenvalue weighted by atomic mass is 16.5. The molecule has 0 aliphatic carbocycles. The average molecular weight is 257 g/mol. The molecule has 0 aromatic carbocycles. The van der Waals surface area contributed by atoms with E-state index in [4.69, 9.17) is 9.47 Å². The Kier molecular flexibility index (Phi) is 7.41. The van der Waals surface area contributed by atoms with Gasteiger partial charge in [0.1, 0.15) is 0 Å². The van der Waals surface area contributed by atoms with Crippen molar-refractivity contribution < 1.29 is 19.1 Å². The standard InChI is InChI=1S/C13H23NO4/c1-2-3-6-13(16)18-9-4-5-12(15)14-7-10-17-11-8-14/h2-11H2,1H3. The lowest BCUT2D eigenvalue weighted by molar-refractivity contribution is -0.145. The first-order valence-electron chi connectivity index (χ1n) is 6.75. The van der Waals surface area contributed by atoms with E-state index < -0.39 is 0 Å². The summed E-state index contributed by atoms with van der Waals surface area (Å²) in [5.74, 6) is -0.0291. The molecule has 1 heterocycles. The van der Waals surface area contributed by atoms with Crippen LogP contribution in [0.3, 0.4) is 0 Å². The minimum Gasteiger partial charge on any atom is -0.466 e. The van der Waals surface area contributed by atoms with Crippen LogP contribution in [0.5, 0.6) is 0 Å². The molecule has 0 unspecified atom stereocenters. The Morgan fingerprint density at radius 1 is 1.17 bits per heavy atom. The number of amides is 1. The van der Waals surface area contributed by atoms with Crippen LogP contribution in [-0.2, 0) is 19.1 Å². The molecule has 0 bridgehead atoms. The molecule has 104 valence electrons. The van der Waals surface area contributed by atoms with Crippen LogP contribution in [0, 0.1) is 0 Å². The Morgan fingerprint density at radius 3 is 2.56 bits per heavy atom. The van der Waals surface area contributed by atoms with Crippen LogP contribution in [-0.4, -0.2) is 49.7 Å². The Morgan fingerprint density at radius 2 is 1.89 bits per heavy atom. The number of carbonyl (C=O) groups is 2. The Hall–Kier alpha value is -1.10. The minimum atomic E-state index is -0.157. The van der Waals surface area contributed by atoms with E-state index >= 15 is 0 Å². The number of carbonyl (C=O) groups excluding carboxylic acids is 2. The molecule has 1 fully saturated rings. The van der Waals surface area contributed by atoms with Gasteiger partial charge in [-0.15, -0.1) is 0 Å². The quantitative estimate of drug-likeness (QED) is 0.510. The highest BCUT2D eigenvalue weighted by Gasteiger charge is 2.16. The van der Waals surface area contributed by atoms with E-state index in [9.17, 15) is 9.59 Å². The Labute approximate surface area is 108 Å². The number of hydrogen-bond acceptors (Lipinski definition) is 4. The van der Waals surface area contributed by atoms with Gasteiger partial charge in [0.2, 0.25) is 5.91 Å². The van der Waals surface area contributed by atoms with Gasteiger partial charge in [0.15, 0.2) is 0 Å². The summed E-state index contributed by atoms with van der Waals surface area (Å²) < 4.78 is 10.2. The van der Waals surface area contributed by atoms with Crippen LogP contribution >= 0.6 is 0 Å². The topological polar surface area (TPSA) is 55.8 Å². The zero-order valence-corrected chi connectivity index (χ0v) is 11.2. The third-order valence-electron chi connectivity index (χ3n) is 2.90. The van der Waals surface area contributed by atoms with E-state index in [-0.39, 0.29) is 11.9 Å². The zero-order valence-electron chi connectivity index (χ0n) is 11.2. The largest absolute Gasteiger partial charge is 0.466 e. The molecule has 1 aliphatic heterocycles. The van der Waals surface area contributed by atoms with Crippen LogP contribution in [0.25, 0.3) is 0 Å². The summed E-state index contributed by atoms with van der Waals surface area (Å²) >= 11 is 0. The van der Waals surface area contributed by atoms with E-state index in [0.29, 0.717) is 52.2 Å². The molecule has 1 aliphatic rings. The first-order valence-corrected chi connectivity index (χ1v) is 6.75. The van der Waals surface area contributed by atoms with Gasteiger partial charge in [0, 0.05) is 25.9 Å². The molecule has 0 radical (unpaired) electrons. The summed E-state index contributed by atoms with van der Waals surface area (Å²) in [6.07, 6.45) is 3.39. The van der Waals surface area contributed by atoms with Gasteiger partial charge in [0.25, 0.3) is 0 Å². The number of unbranched alkanes of at least 4 members (excludes halogenated alkanes) is 1. The molecule has 0 aromatic rings. The summed E-state index contributed by atoms with van der Waals surface area (Å²) in [6.45, 7) is 4.98.